The van der Waals surface area contributed by atoms with Gasteiger partial charge in [0.25, 0.3) is 0 Å². The smallest absolute Gasteiger partial charge is 0.305 e. The molecule has 1 atom stereocenters. The number of nitrogens with zero attached hydrogens (tertiary/aromatic N) is 1. The fraction of sp³-hybridized carbons (Fsp3) is 0.333. The van der Waals surface area contributed by atoms with E-state index in [1.165, 1.54) is 7.11 Å². The second-order valence-electron chi connectivity index (χ2n) is 3.43. The molecule has 0 aliphatic rings. The Morgan fingerprint density at radius 3 is 2.81 bits per heavy atom. The number of methoxy groups -OCH3 is 1. The van der Waals surface area contributed by atoms with Crippen LogP contribution in [-0.4, -0.2) is 13.1 Å². The molecule has 0 saturated carbocycles. The van der Waals surface area contributed by atoms with Crippen LogP contribution in [0.15, 0.2) is 24.3 Å². The Balaban J connectivity index is 2.73. The van der Waals surface area contributed by atoms with Crippen molar-refractivity contribution in [3.8, 4) is 6.07 Å². The van der Waals surface area contributed by atoms with E-state index in [1.807, 2.05) is 12.1 Å². The second-order valence-corrected chi connectivity index (χ2v) is 3.43. The van der Waals surface area contributed by atoms with Crippen LogP contribution in [0.5, 0.6) is 0 Å². The second kappa shape index (κ2) is 5.76. The number of benzene rings is 1. The number of para-hydroxylation sites is 1. The van der Waals surface area contributed by atoms with Crippen molar-refractivity contribution in [1.82, 2.24) is 0 Å². The third-order valence-corrected chi connectivity index (χ3v) is 2.39. The minimum absolute atomic E-state index is 0.225. The number of carbonyl (C=O) groups excluding carboxylic acids is 1. The molecule has 0 spiro atoms. The van der Waals surface area contributed by atoms with Gasteiger partial charge in [-0.05, 0) is 18.1 Å². The average Bonchev–Trinajstić information content (AvgIpc) is 2.31. The average molecular weight is 218 g/mol. The van der Waals surface area contributed by atoms with Crippen LogP contribution in [-0.2, 0) is 9.53 Å². The maximum absolute atomic E-state index is 11.0. The minimum Gasteiger partial charge on any atom is -0.469 e. The number of anilines is 1. The van der Waals surface area contributed by atoms with Gasteiger partial charge in [0.1, 0.15) is 0 Å². The van der Waals surface area contributed by atoms with E-state index in [-0.39, 0.29) is 18.3 Å². The molecule has 0 aliphatic carbocycles. The number of carbonyl (C=O) groups is 1. The number of nitrogens with two attached hydrogens (primary N) is 1. The molecule has 0 heterocycles. The monoisotopic (exact) mass is 218 g/mol. The van der Waals surface area contributed by atoms with Crippen molar-refractivity contribution >= 4 is 11.7 Å². The van der Waals surface area contributed by atoms with Crippen LogP contribution in [0.25, 0.3) is 0 Å². The molecule has 0 aliphatic heterocycles. The van der Waals surface area contributed by atoms with E-state index in [1.54, 1.807) is 12.1 Å². The lowest BCUT2D eigenvalue weighted by molar-refractivity contribution is -0.140. The number of rotatable bonds is 4. The van der Waals surface area contributed by atoms with Gasteiger partial charge in [-0.15, -0.1) is 0 Å². The summed E-state index contributed by atoms with van der Waals surface area (Å²) in [6.45, 7) is 0. The number of nitrogen functional groups attached to an aromatic ring is 1. The predicted molar refractivity (Wildman–Crippen MR) is 60.5 cm³/mol. The summed E-state index contributed by atoms with van der Waals surface area (Å²) in [7, 11) is 1.33. The zero-order chi connectivity index (χ0) is 12.0. The molecule has 1 aromatic rings. The van der Waals surface area contributed by atoms with Crippen LogP contribution in [0.4, 0.5) is 5.69 Å². The molecule has 0 bridgehead atoms. The summed E-state index contributed by atoms with van der Waals surface area (Å²) in [5.74, 6) is -0.671. The van der Waals surface area contributed by atoms with E-state index in [4.69, 9.17) is 11.0 Å². The van der Waals surface area contributed by atoms with Gasteiger partial charge in [0, 0.05) is 12.1 Å². The Hall–Kier alpha value is -2.02. The van der Waals surface area contributed by atoms with E-state index < -0.39 is 0 Å². The van der Waals surface area contributed by atoms with Gasteiger partial charge in [-0.25, -0.2) is 0 Å². The van der Waals surface area contributed by atoms with E-state index in [0.717, 1.165) is 5.56 Å². The van der Waals surface area contributed by atoms with Crippen molar-refractivity contribution in [1.29, 1.82) is 5.26 Å². The van der Waals surface area contributed by atoms with Crippen LogP contribution in [0.1, 0.15) is 24.3 Å². The molecule has 16 heavy (non-hydrogen) atoms. The Bertz CT molecular complexity index is 410. The number of ether oxygens (including phenoxy) is 1. The van der Waals surface area contributed by atoms with Crippen molar-refractivity contribution in [2.24, 2.45) is 0 Å². The van der Waals surface area contributed by atoms with Crippen molar-refractivity contribution < 1.29 is 9.53 Å². The van der Waals surface area contributed by atoms with Crippen molar-refractivity contribution in [3.63, 3.8) is 0 Å². The van der Waals surface area contributed by atoms with Crippen molar-refractivity contribution in [2.75, 3.05) is 12.8 Å². The normalized spacial score (nSPS) is 11.5. The molecule has 0 amide bonds. The maximum Gasteiger partial charge on any atom is 0.305 e. The lowest BCUT2D eigenvalue weighted by atomic mass is 9.94. The molecule has 4 heteroatoms. The van der Waals surface area contributed by atoms with Gasteiger partial charge in [0.15, 0.2) is 0 Å². The third-order valence-electron chi connectivity index (χ3n) is 2.39. The van der Waals surface area contributed by atoms with Gasteiger partial charge < -0.3 is 10.5 Å². The Morgan fingerprint density at radius 1 is 1.56 bits per heavy atom. The van der Waals surface area contributed by atoms with Gasteiger partial charge in [-0.1, -0.05) is 18.2 Å². The van der Waals surface area contributed by atoms with Crippen molar-refractivity contribution in [3.05, 3.63) is 29.8 Å². The molecule has 0 aromatic heterocycles. The molecule has 1 unspecified atom stereocenters. The molecule has 1 rings (SSSR count). The fourth-order valence-electron chi connectivity index (χ4n) is 1.48. The summed E-state index contributed by atoms with van der Waals surface area (Å²) < 4.78 is 4.53. The number of hydrogen-bond acceptors (Lipinski definition) is 4. The van der Waals surface area contributed by atoms with Crippen LogP contribution < -0.4 is 5.73 Å². The maximum atomic E-state index is 11.0. The highest BCUT2D eigenvalue weighted by molar-refractivity contribution is 5.69. The van der Waals surface area contributed by atoms with Gasteiger partial charge in [-0.2, -0.15) is 5.26 Å². The van der Waals surface area contributed by atoms with E-state index in [0.29, 0.717) is 12.1 Å². The molecule has 0 radical (unpaired) electrons. The molecular formula is C12H14N2O2. The van der Waals surface area contributed by atoms with E-state index >= 15 is 0 Å². The van der Waals surface area contributed by atoms with E-state index in [9.17, 15) is 4.79 Å². The summed E-state index contributed by atoms with van der Waals surface area (Å²) >= 11 is 0. The van der Waals surface area contributed by atoms with Gasteiger partial charge in [-0.3, -0.25) is 4.79 Å². The topological polar surface area (TPSA) is 76.1 Å². The highest BCUT2D eigenvalue weighted by atomic mass is 16.5. The van der Waals surface area contributed by atoms with E-state index in [2.05, 4.69) is 10.8 Å². The molecule has 84 valence electrons. The van der Waals surface area contributed by atoms with Gasteiger partial charge in [0.05, 0.1) is 19.1 Å². The van der Waals surface area contributed by atoms with Crippen molar-refractivity contribution in [2.45, 2.75) is 18.8 Å². The largest absolute Gasteiger partial charge is 0.469 e. The molecular weight excluding hydrogens is 204 g/mol. The SMILES string of the molecule is COC(=O)CCC(C#N)c1ccccc1N. The first-order valence-electron chi connectivity index (χ1n) is 5.00. The Kier molecular flexibility index (Phi) is 4.34. The first-order chi connectivity index (χ1) is 7.69. The number of hydrogen-bond donors (Lipinski definition) is 1. The highest BCUT2D eigenvalue weighted by Gasteiger charge is 2.15. The zero-order valence-electron chi connectivity index (χ0n) is 9.14. The molecule has 4 nitrogen and oxygen atoms in total. The summed E-state index contributed by atoms with van der Waals surface area (Å²) in [4.78, 5) is 11.0. The van der Waals surface area contributed by atoms with Gasteiger partial charge in [0.2, 0.25) is 0 Å². The Labute approximate surface area is 94.6 Å². The molecule has 0 saturated heterocycles. The number of nitriles is 1. The zero-order valence-corrected chi connectivity index (χ0v) is 9.14. The molecule has 0 fully saturated rings. The first-order valence-corrected chi connectivity index (χ1v) is 5.00. The van der Waals surface area contributed by atoms with Gasteiger partial charge >= 0.3 is 5.97 Å². The number of esters is 1. The summed E-state index contributed by atoms with van der Waals surface area (Å²) in [6.07, 6.45) is 0.653. The quantitative estimate of drug-likeness (QED) is 0.617. The third kappa shape index (κ3) is 2.99. The minimum atomic E-state index is -0.361. The summed E-state index contributed by atoms with van der Waals surface area (Å²) in [6, 6.07) is 9.35. The van der Waals surface area contributed by atoms with Crippen LogP contribution in [0.3, 0.4) is 0 Å². The standard InChI is InChI=1S/C12H14N2O2/c1-16-12(15)7-6-9(8-13)10-4-2-3-5-11(10)14/h2-5,9H,6-7,14H2,1H3. The predicted octanol–water partition coefficient (Wildman–Crippen LogP) is 1.83. The summed E-state index contributed by atoms with van der Waals surface area (Å²) in [5.41, 5.74) is 7.12. The van der Waals surface area contributed by atoms with Crippen LogP contribution in [0, 0.1) is 11.3 Å². The van der Waals surface area contributed by atoms with Crippen LogP contribution in [0.2, 0.25) is 0 Å². The lowest BCUT2D eigenvalue weighted by Crippen LogP contribution is -2.06. The molecule has 1 aromatic carbocycles. The lowest BCUT2D eigenvalue weighted by Gasteiger charge is -2.10. The summed E-state index contributed by atoms with van der Waals surface area (Å²) in [5, 5.41) is 9.03. The fourth-order valence-corrected chi connectivity index (χ4v) is 1.48. The Morgan fingerprint density at radius 2 is 2.25 bits per heavy atom. The first kappa shape index (κ1) is 12.1. The van der Waals surface area contributed by atoms with Crippen LogP contribution >= 0.6 is 0 Å². The highest BCUT2D eigenvalue weighted by Crippen LogP contribution is 2.25. The molecule has 2 N–H and O–H groups in total.